The second kappa shape index (κ2) is 7.87. The normalized spacial score (nSPS) is 12.7. The van der Waals surface area contributed by atoms with Crippen LogP contribution < -0.4 is 5.32 Å². The Balaban J connectivity index is 1.94. The van der Waals surface area contributed by atoms with Crippen molar-refractivity contribution in [2.45, 2.75) is 26.1 Å². The number of hydrogen-bond acceptors (Lipinski definition) is 2. The average Bonchev–Trinajstić information content (AvgIpc) is 3.10. The summed E-state index contributed by atoms with van der Waals surface area (Å²) in [5, 5.41) is 6.10. The molecule has 1 aromatic heterocycles. The van der Waals surface area contributed by atoms with Crippen LogP contribution in [-0.4, -0.2) is 15.7 Å². The molecule has 1 heterocycles. The lowest BCUT2D eigenvalue weighted by Crippen LogP contribution is -2.29. The molecule has 0 aliphatic carbocycles. The van der Waals surface area contributed by atoms with E-state index in [1.807, 2.05) is 0 Å². The minimum Gasteiger partial charge on any atom is -0.345 e. The number of aromatic nitrogens is 2. The maximum Gasteiger partial charge on any atom is 0.434 e. The number of benzene rings is 2. The fraction of sp³-hybridized carbons (Fsp3) is 0.200. The lowest BCUT2D eigenvalue weighted by atomic mass is 10.1. The molecular formula is C20H16ClF4N3O. The molecule has 0 aliphatic rings. The number of rotatable bonds is 4. The zero-order chi connectivity index (χ0) is 21.3. The second-order valence-corrected chi connectivity index (χ2v) is 6.93. The van der Waals surface area contributed by atoms with Crippen molar-refractivity contribution in [2.75, 3.05) is 0 Å². The molecule has 4 nitrogen and oxygen atoms in total. The first kappa shape index (κ1) is 20.9. The van der Waals surface area contributed by atoms with Gasteiger partial charge in [-0.25, -0.2) is 9.07 Å². The summed E-state index contributed by atoms with van der Waals surface area (Å²) in [6.45, 7) is 3.36. The van der Waals surface area contributed by atoms with Crippen molar-refractivity contribution in [3.8, 4) is 5.69 Å². The summed E-state index contributed by atoms with van der Waals surface area (Å²) in [7, 11) is 0. The van der Waals surface area contributed by atoms with E-state index >= 15 is 0 Å². The first-order chi connectivity index (χ1) is 13.6. The predicted octanol–water partition coefficient (Wildman–Crippen LogP) is 5.48. The second-order valence-electron chi connectivity index (χ2n) is 6.52. The van der Waals surface area contributed by atoms with Crippen LogP contribution in [0.3, 0.4) is 0 Å². The SMILES string of the molecule is Cc1ccc(-n2ncc(C(=O)NC(C)c3ccc(F)c(Cl)c3)c2C(F)(F)F)cc1. The van der Waals surface area contributed by atoms with Gasteiger partial charge in [0.1, 0.15) is 5.82 Å². The van der Waals surface area contributed by atoms with Crippen LogP contribution in [0.5, 0.6) is 0 Å². The number of aryl methyl sites for hydroxylation is 1. The van der Waals surface area contributed by atoms with Gasteiger partial charge in [-0.2, -0.15) is 18.3 Å². The van der Waals surface area contributed by atoms with E-state index in [2.05, 4.69) is 10.4 Å². The minimum absolute atomic E-state index is 0.147. The van der Waals surface area contributed by atoms with Gasteiger partial charge in [-0.15, -0.1) is 0 Å². The third-order valence-electron chi connectivity index (χ3n) is 4.35. The Morgan fingerprint density at radius 2 is 1.83 bits per heavy atom. The zero-order valence-corrected chi connectivity index (χ0v) is 16.1. The van der Waals surface area contributed by atoms with E-state index in [1.54, 1.807) is 26.0 Å². The number of halogens is 5. The highest BCUT2D eigenvalue weighted by Gasteiger charge is 2.40. The summed E-state index contributed by atoms with van der Waals surface area (Å²) < 4.78 is 55.2. The lowest BCUT2D eigenvalue weighted by Gasteiger charge is -2.16. The molecule has 0 radical (unpaired) electrons. The van der Waals surface area contributed by atoms with Crippen LogP contribution in [-0.2, 0) is 6.18 Å². The molecule has 3 aromatic rings. The van der Waals surface area contributed by atoms with Crippen LogP contribution in [0.1, 0.15) is 40.1 Å². The van der Waals surface area contributed by atoms with Crippen molar-refractivity contribution in [3.05, 3.63) is 81.9 Å². The van der Waals surface area contributed by atoms with Crippen molar-refractivity contribution in [1.29, 1.82) is 0 Å². The van der Waals surface area contributed by atoms with Gasteiger partial charge in [0.05, 0.1) is 28.5 Å². The van der Waals surface area contributed by atoms with E-state index < -0.39 is 35.2 Å². The number of carbonyl (C=O) groups excluding carboxylic acids is 1. The van der Waals surface area contributed by atoms with Gasteiger partial charge in [-0.05, 0) is 43.7 Å². The van der Waals surface area contributed by atoms with Gasteiger partial charge < -0.3 is 5.32 Å². The molecule has 0 spiro atoms. The predicted molar refractivity (Wildman–Crippen MR) is 101 cm³/mol. The molecule has 0 saturated carbocycles. The molecule has 1 unspecified atom stereocenters. The average molecular weight is 426 g/mol. The van der Waals surface area contributed by atoms with Gasteiger partial charge in [-0.1, -0.05) is 35.4 Å². The van der Waals surface area contributed by atoms with Crippen molar-refractivity contribution in [2.24, 2.45) is 0 Å². The van der Waals surface area contributed by atoms with Crippen LogP contribution in [0.25, 0.3) is 5.69 Å². The highest BCUT2D eigenvalue weighted by Crippen LogP contribution is 2.34. The molecule has 3 rings (SSSR count). The van der Waals surface area contributed by atoms with Crippen LogP contribution in [0, 0.1) is 12.7 Å². The summed E-state index contributed by atoms with van der Waals surface area (Å²) in [6, 6.07) is 9.40. The number of hydrogen-bond donors (Lipinski definition) is 1. The van der Waals surface area contributed by atoms with Crippen LogP contribution in [0.4, 0.5) is 17.6 Å². The first-order valence-corrected chi connectivity index (χ1v) is 8.94. The number of carbonyl (C=O) groups is 1. The van der Waals surface area contributed by atoms with Gasteiger partial charge in [0.2, 0.25) is 0 Å². The molecule has 2 aromatic carbocycles. The Hall–Kier alpha value is -2.87. The highest BCUT2D eigenvalue weighted by molar-refractivity contribution is 6.30. The molecule has 1 amide bonds. The molecule has 1 N–H and O–H groups in total. The van der Waals surface area contributed by atoms with E-state index in [4.69, 9.17) is 11.6 Å². The minimum atomic E-state index is -4.81. The zero-order valence-electron chi connectivity index (χ0n) is 15.4. The summed E-state index contributed by atoms with van der Waals surface area (Å²) in [5.41, 5.74) is -0.287. The fourth-order valence-electron chi connectivity index (χ4n) is 2.81. The Morgan fingerprint density at radius 1 is 1.17 bits per heavy atom. The van der Waals surface area contributed by atoms with Gasteiger partial charge >= 0.3 is 6.18 Å². The molecular weight excluding hydrogens is 410 g/mol. The van der Waals surface area contributed by atoms with Gasteiger partial charge in [0, 0.05) is 0 Å². The Labute approximate surface area is 169 Å². The summed E-state index contributed by atoms with van der Waals surface area (Å²) in [4.78, 5) is 12.6. The quantitative estimate of drug-likeness (QED) is 0.562. The summed E-state index contributed by atoms with van der Waals surface area (Å²) >= 11 is 5.73. The molecule has 29 heavy (non-hydrogen) atoms. The lowest BCUT2D eigenvalue weighted by molar-refractivity contribution is -0.143. The number of nitrogens with one attached hydrogen (secondary N) is 1. The largest absolute Gasteiger partial charge is 0.434 e. The number of amides is 1. The van der Waals surface area contributed by atoms with E-state index in [-0.39, 0.29) is 10.7 Å². The van der Waals surface area contributed by atoms with E-state index in [1.165, 1.54) is 24.3 Å². The molecule has 9 heteroatoms. The third kappa shape index (κ3) is 4.42. The summed E-state index contributed by atoms with van der Waals surface area (Å²) in [6.07, 6.45) is -3.93. The number of nitrogens with zero attached hydrogens (tertiary/aromatic N) is 2. The van der Waals surface area contributed by atoms with Crippen molar-refractivity contribution in [3.63, 3.8) is 0 Å². The molecule has 0 aliphatic heterocycles. The molecule has 152 valence electrons. The Kier molecular flexibility index (Phi) is 5.66. The molecule has 0 bridgehead atoms. The topological polar surface area (TPSA) is 46.9 Å². The van der Waals surface area contributed by atoms with Gasteiger partial charge in [0.25, 0.3) is 5.91 Å². The maximum atomic E-state index is 13.7. The fourth-order valence-corrected chi connectivity index (χ4v) is 3.00. The van der Waals surface area contributed by atoms with Crippen molar-refractivity contribution < 1.29 is 22.4 Å². The van der Waals surface area contributed by atoms with E-state index in [9.17, 15) is 22.4 Å². The molecule has 0 saturated heterocycles. The smallest absolute Gasteiger partial charge is 0.345 e. The highest BCUT2D eigenvalue weighted by atomic mass is 35.5. The standard InChI is InChI=1S/C20H16ClF4N3O/c1-11-3-6-14(7-4-11)28-18(20(23,24)25)15(10-26-28)19(29)27-12(2)13-5-8-17(22)16(21)9-13/h3-10,12H,1-2H3,(H,27,29). The van der Waals surface area contributed by atoms with Crippen LogP contribution >= 0.6 is 11.6 Å². The monoisotopic (exact) mass is 425 g/mol. The van der Waals surface area contributed by atoms with Crippen molar-refractivity contribution >= 4 is 17.5 Å². The number of alkyl halides is 3. The van der Waals surface area contributed by atoms with Gasteiger partial charge in [0.15, 0.2) is 5.69 Å². The van der Waals surface area contributed by atoms with Crippen molar-refractivity contribution in [1.82, 2.24) is 15.1 Å². The van der Waals surface area contributed by atoms with E-state index in [0.717, 1.165) is 17.8 Å². The van der Waals surface area contributed by atoms with Crippen LogP contribution in [0.15, 0.2) is 48.7 Å². The maximum absolute atomic E-state index is 13.7. The third-order valence-corrected chi connectivity index (χ3v) is 4.64. The Bertz CT molecular complexity index is 1040. The Morgan fingerprint density at radius 3 is 2.41 bits per heavy atom. The van der Waals surface area contributed by atoms with Gasteiger partial charge in [-0.3, -0.25) is 4.79 Å². The molecule has 1 atom stereocenters. The first-order valence-electron chi connectivity index (χ1n) is 8.56. The molecule has 0 fully saturated rings. The van der Waals surface area contributed by atoms with E-state index in [0.29, 0.717) is 10.2 Å². The van der Waals surface area contributed by atoms with Crippen LogP contribution in [0.2, 0.25) is 5.02 Å². The summed E-state index contributed by atoms with van der Waals surface area (Å²) in [5.74, 6) is -1.59.